The molecular formula is C19H31N3O3. The van der Waals surface area contributed by atoms with Crippen molar-refractivity contribution in [2.75, 3.05) is 39.8 Å². The summed E-state index contributed by atoms with van der Waals surface area (Å²) in [5.74, 6) is 0.866. The van der Waals surface area contributed by atoms with Gasteiger partial charge in [0.05, 0.1) is 19.8 Å². The third-order valence-electron chi connectivity index (χ3n) is 4.67. The predicted octanol–water partition coefficient (Wildman–Crippen LogP) is 1.09. The van der Waals surface area contributed by atoms with Crippen LogP contribution in [0.3, 0.4) is 0 Å². The van der Waals surface area contributed by atoms with Gasteiger partial charge in [-0.15, -0.1) is 0 Å². The van der Waals surface area contributed by atoms with Crippen LogP contribution in [0.2, 0.25) is 0 Å². The number of amides is 1. The highest BCUT2D eigenvalue weighted by Gasteiger charge is 2.27. The predicted molar refractivity (Wildman–Crippen MR) is 98.6 cm³/mol. The molecule has 2 rings (SSSR count). The van der Waals surface area contributed by atoms with E-state index in [2.05, 4.69) is 22.0 Å². The minimum absolute atomic E-state index is 0.0506. The molecule has 140 valence electrons. The second-order valence-electron chi connectivity index (χ2n) is 6.77. The average molecular weight is 349 g/mol. The SMILES string of the molecule is CC[C@@H]1CN(CC(=O)NCc2ccc(OC)cc2)CCN1C[C@@H](C)O. The number of rotatable bonds is 8. The number of benzene rings is 1. The van der Waals surface area contributed by atoms with Crippen LogP contribution in [0.5, 0.6) is 5.75 Å². The van der Waals surface area contributed by atoms with Crippen molar-refractivity contribution < 1.29 is 14.6 Å². The van der Waals surface area contributed by atoms with Crippen LogP contribution in [-0.4, -0.2) is 72.8 Å². The maximum Gasteiger partial charge on any atom is 0.234 e. The van der Waals surface area contributed by atoms with Crippen molar-refractivity contribution in [1.29, 1.82) is 0 Å². The maximum absolute atomic E-state index is 12.2. The van der Waals surface area contributed by atoms with E-state index in [-0.39, 0.29) is 12.0 Å². The van der Waals surface area contributed by atoms with E-state index < -0.39 is 0 Å². The molecule has 1 fully saturated rings. The summed E-state index contributed by atoms with van der Waals surface area (Å²) >= 11 is 0. The molecule has 1 aliphatic rings. The number of aliphatic hydroxyl groups excluding tert-OH is 1. The van der Waals surface area contributed by atoms with Crippen molar-refractivity contribution in [3.8, 4) is 5.75 Å². The second-order valence-corrected chi connectivity index (χ2v) is 6.77. The highest BCUT2D eigenvalue weighted by atomic mass is 16.5. The van der Waals surface area contributed by atoms with Gasteiger partial charge in [0, 0.05) is 38.8 Å². The topological polar surface area (TPSA) is 65.0 Å². The van der Waals surface area contributed by atoms with Gasteiger partial charge in [0.25, 0.3) is 0 Å². The molecule has 0 radical (unpaired) electrons. The van der Waals surface area contributed by atoms with Gasteiger partial charge in [-0.3, -0.25) is 14.6 Å². The number of carbonyl (C=O) groups is 1. The van der Waals surface area contributed by atoms with Crippen LogP contribution < -0.4 is 10.1 Å². The van der Waals surface area contributed by atoms with Gasteiger partial charge < -0.3 is 15.2 Å². The first kappa shape index (κ1) is 19.7. The molecule has 0 aliphatic carbocycles. The number of ether oxygens (including phenoxy) is 1. The van der Waals surface area contributed by atoms with E-state index in [0.29, 0.717) is 25.7 Å². The fourth-order valence-electron chi connectivity index (χ4n) is 3.27. The van der Waals surface area contributed by atoms with Crippen molar-refractivity contribution in [3.05, 3.63) is 29.8 Å². The molecule has 1 aliphatic heterocycles. The highest BCUT2D eigenvalue weighted by Crippen LogP contribution is 2.14. The van der Waals surface area contributed by atoms with Gasteiger partial charge in [0.15, 0.2) is 0 Å². The summed E-state index contributed by atoms with van der Waals surface area (Å²) in [5.41, 5.74) is 1.06. The molecular weight excluding hydrogens is 318 g/mol. The number of nitrogens with one attached hydrogen (secondary N) is 1. The summed E-state index contributed by atoms with van der Waals surface area (Å²) in [5, 5.41) is 12.6. The molecule has 2 N–H and O–H groups in total. The molecule has 0 spiro atoms. The lowest BCUT2D eigenvalue weighted by molar-refractivity contribution is -0.123. The quantitative estimate of drug-likeness (QED) is 0.735. The first-order valence-electron chi connectivity index (χ1n) is 9.06. The first-order valence-corrected chi connectivity index (χ1v) is 9.06. The van der Waals surface area contributed by atoms with Crippen LogP contribution in [-0.2, 0) is 11.3 Å². The summed E-state index contributed by atoms with van der Waals surface area (Å²) in [6, 6.07) is 8.11. The molecule has 25 heavy (non-hydrogen) atoms. The Kier molecular flexibility index (Phi) is 7.68. The zero-order valence-corrected chi connectivity index (χ0v) is 15.6. The molecule has 2 atom stereocenters. The maximum atomic E-state index is 12.2. The molecule has 6 heteroatoms. The van der Waals surface area contributed by atoms with E-state index in [1.54, 1.807) is 7.11 Å². The molecule has 1 heterocycles. The third kappa shape index (κ3) is 6.30. The number of nitrogens with zero attached hydrogens (tertiary/aromatic N) is 2. The van der Waals surface area contributed by atoms with Crippen LogP contribution >= 0.6 is 0 Å². The van der Waals surface area contributed by atoms with E-state index in [4.69, 9.17) is 4.74 Å². The molecule has 6 nitrogen and oxygen atoms in total. The summed E-state index contributed by atoms with van der Waals surface area (Å²) < 4.78 is 5.13. The van der Waals surface area contributed by atoms with Crippen molar-refractivity contribution in [2.24, 2.45) is 0 Å². The minimum Gasteiger partial charge on any atom is -0.497 e. The molecule has 0 bridgehead atoms. The first-order chi connectivity index (χ1) is 12.0. The Balaban J connectivity index is 1.76. The molecule has 1 aromatic carbocycles. The number of piperazine rings is 1. The van der Waals surface area contributed by atoms with Crippen LogP contribution in [0, 0.1) is 0 Å². The van der Waals surface area contributed by atoms with Crippen molar-refractivity contribution >= 4 is 5.91 Å². The van der Waals surface area contributed by atoms with Gasteiger partial charge in [0.1, 0.15) is 5.75 Å². The fraction of sp³-hybridized carbons (Fsp3) is 0.632. The Bertz CT molecular complexity index is 533. The molecule has 1 aromatic rings. The minimum atomic E-state index is -0.312. The van der Waals surface area contributed by atoms with Crippen LogP contribution in [0.25, 0.3) is 0 Å². The summed E-state index contributed by atoms with van der Waals surface area (Å²) in [7, 11) is 1.64. The largest absolute Gasteiger partial charge is 0.497 e. The van der Waals surface area contributed by atoms with Gasteiger partial charge in [-0.1, -0.05) is 19.1 Å². The Morgan fingerprint density at radius 1 is 1.36 bits per heavy atom. The highest BCUT2D eigenvalue weighted by molar-refractivity contribution is 5.78. The summed E-state index contributed by atoms with van der Waals surface area (Å²) in [4.78, 5) is 16.8. The average Bonchev–Trinajstić information content (AvgIpc) is 2.61. The number of aliphatic hydroxyl groups is 1. The van der Waals surface area contributed by atoms with E-state index >= 15 is 0 Å². The van der Waals surface area contributed by atoms with Gasteiger partial charge >= 0.3 is 0 Å². The van der Waals surface area contributed by atoms with Gasteiger partial charge in [0.2, 0.25) is 5.91 Å². The lowest BCUT2D eigenvalue weighted by Crippen LogP contribution is -2.55. The van der Waals surface area contributed by atoms with Gasteiger partial charge in [-0.05, 0) is 31.0 Å². The number of methoxy groups -OCH3 is 1. The number of hydrogen-bond acceptors (Lipinski definition) is 5. The van der Waals surface area contributed by atoms with Crippen molar-refractivity contribution in [2.45, 2.75) is 39.0 Å². The van der Waals surface area contributed by atoms with Gasteiger partial charge in [-0.25, -0.2) is 0 Å². The van der Waals surface area contributed by atoms with Crippen LogP contribution in [0.1, 0.15) is 25.8 Å². The number of carbonyl (C=O) groups excluding carboxylic acids is 1. The van der Waals surface area contributed by atoms with E-state index in [1.807, 2.05) is 31.2 Å². The smallest absolute Gasteiger partial charge is 0.234 e. The molecule has 1 amide bonds. The lowest BCUT2D eigenvalue weighted by atomic mass is 10.1. The molecule has 0 aromatic heterocycles. The van der Waals surface area contributed by atoms with E-state index in [0.717, 1.165) is 37.4 Å². The Labute approximate surface area is 150 Å². The summed E-state index contributed by atoms with van der Waals surface area (Å²) in [6.07, 6.45) is 0.713. The Morgan fingerprint density at radius 3 is 2.68 bits per heavy atom. The number of β-amino-alcohol motifs (C(OH)–C–C–N with tert-alkyl or cyclic N) is 1. The van der Waals surface area contributed by atoms with Gasteiger partial charge in [-0.2, -0.15) is 0 Å². The zero-order chi connectivity index (χ0) is 18.2. The van der Waals surface area contributed by atoms with Crippen molar-refractivity contribution in [1.82, 2.24) is 15.1 Å². The fourth-order valence-corrected chi connectivity index (χ4v) is 3.27. The second kappa shape index (κ2) is 9.75. The molecule has 1 saturated heterocycles. The summed E-state index contributed by atoms with van der Waals surface area (Å²) in [6.45, 7) is 8.28. The number of hydrogen-bond donors (Lipinski definition) is 2. The molecule has 0 saturated carbocycles. The van der Waals surface area contributed by atoms with E-state index in [1.165, 1.54) is 0 Å². The Hall–Kier alpha value is -1.63. The standard InChI is InChI=1S/C19H31N3O3/c1-4-17-13-21(9-10-22(17)12-15(2)23)14-19(24)20-11-16-5-7-18(25-3)8-6-16/h5-8,15,17,23H,4,9-14H2,1-3H3,(H,20,24)/t15-,17-/m1/s1. The van der Waals surface area contributed by atoms with E-state index in [9.17, 15) is 9.90 Å². The Morgan fingerprint density at radius 2 is 2.08 bits per heavy atom. The van der Waals surface area contributed by atoms with Crippen molar-refractivity contribution in [3.63, 3.8) is 0 Å². The third-order valence-corrected chi connectivity index (χ3v) is 4.67. The lowest BCUT2D eigenvalue weighted by Gasteiger charge is -2.41. The molecule has 0 unspecified atom stereocenters. The normalized spacial score (nSPS) is 20.2. The zero-order valence-electron chi connectivity index (χ0n) is 15.6. The van der Waals surface area contributed by atoms with Crippen LogP contribution in [0.15, 0.2) is 24.3 Å². The van der Waals surface area contributed by atoms with Crippen LogP contribution in [0.4, 0.5) is 0 Å². The monoisotopic (exact) mass is 349 g/mol.